The van der Waals surface area contributed by atoms with E-state index >= 15 is 0 Å². The average Bonchev–Trinajstić information content (AvgIpc) is 3.09. The number of nitrogens with zero attached hydrogens (tertiary/aromatic N) is 3. The molecule has 0 N–H and O–H groups in total. The Kier molecular flexibility index (Phi) is 7.44. The summed E-state index contributed by atoms with van der Waals surface area (Å²) in [6.45, 7) is 2.20. The number of ether oxygens (including phenoxy) is 2. The van der Waals surface area contributed by atoms with Gasteiger partial charge in [0.2, 0.25) is 5.91 Å². The average molecular weight is 345 g/mol. The first-order valence-corrected chi connectivity index (χ1v) is 8.88. The minimum atomic E-state index is -0.0656. The lowest BCUT2D eigenvalue weighted by atomic mass is 10.1. The van der Waals surface area contributed by atoms with Crippen LogP contribution in [0.15, 0.2) is 24.3 Å². The number of aromatic nitrogens is 3. The molecule has 136 valence electrons. The van der Waals surface area contributed by atoms with Crippen molar-refractivity contribution in [1.82, 2.24) is 14.8 Å². The van der Waals surface area contributed by atoms with Gasteiger partial charge in [-0.2, -0.15) is 9.67 Å². The number of carbonyl (C=O) groups is 1. The second kappa shape index (κ2) is 9.81. The highest BCUT2D eigenvalue weighted by atomic mass is 16.5. The Morgan fingerprint density at radius 2 is 1.84 bits per heavy atom. The van der Waals surface area contributed by atoms with Gasteiger partial charge in [0.05, 0.1) is 14.2 Å². The fourth-order valence-electron chi connectivity index (χ4n) is 2.67. The Bertz CT molecular complexity index is 682. The standard InChI is InChI=1S/C19H27N3O3/c1-4-5-6-7-8-9-13-17(23)22-18(20-19(21-22)25-3)15-11-10-12-16(14-15)24-2/h10-12,14H,4-9,13H2,1-3H3. The summed E-state index contributed by atoms with van der Waals surface area (Å²) in [5.41, 5.74) is 0.770. The topological polar surface area (TPSA) is 66.2 Å². The van der Waals surface area contributed by atoms with Gasteiger partial charge in [-0.15, -0.1) is 5.10 Å². The van der Waals surface area contributed by atoms with Crippen LogP contribution in [0.3, 0.4) is 0 Å². The molecule has 0 radical (unpaired) electrons. The van der Waals surface area contributed by atoms with Crippen LogP contribution in [-0.2, 0) is 0 Å². The quantitative estimate of drug-likeness (QED) is 0.599. The highest BCUT2D eigenvalue weighted by molar-refractivity contribution is 5.82. The molecule has 0 unspecified atom stereocenters. The van der Waals surface area contributed by atoms with E-state index in [2.05, 4.69) is 17.0 Å². The number of rotatable bonds is 10. The Morgan fingerprint density at radius 3 is 2.56 bits per heavy atom. The Morgan fingerprint density at radius 1 is 1.08 bits per heavy atom. The first-order valence-electron chi connectivity index (χ1n) is 8.88. The maximum Gasteiger partial charge on any atom is 0.336 e. The smallest absolute Gasteiger partial charge is 0.336 e. The molecule has 0 aliphatic carbocycles. The summed E-state index contributed by atoms with van der Waals surface area (Å²) in [4.78, 5) is 16.9. The summed E-state index contributed by atoms with van der Waals surface area (Å²) in [6, 6.07) is 7.60. The molecule has 0 saturated carbocycles. The van der Waals surface area contributed by atoms with Crippen molar-refractivity contribution in [2.45, 2.75) is 51.9 Å². The van der Waals surface area contributed by atoms with E-state index in [0.717, 1.165) is 18.4 Å². The van der Waals surface area contributed by atoms with Gasteiger partial charge in [-0.05, 0) is 18.6 Å². The highest BCUT2D eigenvalue weighted by Gasteiger charge is 2.18. The molecule has 0 aliphatic heterocycles. The van der Waals surface area contributed by atoms with Gasteiger partial charge >= 0.3 is 6.01 Å². The zero-order chi connectivity index (χ0) is 18.1. The van der Waals surface area contributed by atoms with Gasteiger partial charge in [-0.1, -0.05) is 51.2 Å². The zero-order valence-corrected chi connectivity index (χ0v) is 15.3. The van der Waals surface area contributed by atoms with E-state index in [0.29, 0.717) is 18.0 Å². The van der Waals surface area contributed by atoms with Gasteiger partial charge in [-0.25, -0.2) is 0 Å². The molecule has 0 fully saturated rings. The number of methoxy groups -OCH3 is 2. The van der Waals surface area contributed by atoms with Crippen molar-refractivity contribution in [2.75, 3.05) is 14.2 Å². The number of hydrogen-bond donors (Lipinski definition) is 0. The van der Waals surface area contributed by atoms with E-state index in [1.807, 2.05) is 24.3 Å². The fraction of sp³-hybridized carbons (Fsp3) is 0.526. The van der Waals surface area contributed by atoms with Gasteiger partial charge in [0.15, 0.2) is 5.82 Å². The first-order chi connectivity index (χ1) is 12.2. The summed E-state index contributed by atoms with van der Waals surface area (Å²) in [5.74, 6) is 1.12. The van der Waals surface area contributed by atoms with Crippen LogP contribution >= 0.6 is 0 Å². The molecular weight excluding hydrogens is 318 g/mol. The third-order valence-corrected chi connectivity index (χ3v) is 4.08. The monoisotopic (exact) mass is 345 g/mol. The number of carbonyl (C=O) groups excluding carboxylic acids is 1. The van der Waals surface area contributed by atoms with Crippen molar-refractivity contribution >= 4 is 5.91 Å². The van der Waals surface area contributed by atoms with E-state index in [9.17, 15) is 4.79 Å². The second-order valence-electron chi connectivity index (χ2n) is 5.98. The normalized spacial score (nSPS) is 10.7. The Balaban J connectivity index is 2.08. The molecule has 0 amide bonds. The second-order valence-corrected chi connectivity index (χ2v) is 5.98. The number of hydrogen-bond acceptors (Lipinski definition) is 5. The van der Waals surface area contributed by atoms with Crippen LogP contribution in [0.25, 0.3) is 11.4 Å². The van der Waals surface area contributed by atoms with E-state index in [1.54, 1.807) is 7.11 Å². The fourth-order valence-corrected chi connectivity index (χ4v) is 2.67. The van der Waals surface area contributed by atoms with Gasteiger partial charge in [-0.3, -0.25) is 4.79 Å². The molecule has 2 rings (SSSR count). The van der Waals surface area contributed by atoms with Crippen molar-refractivity contribution in [1.29, 1.82) is 0 Å². The highest BCUT2D eigenvalue weighted by Crippen LogP contribution is 2.24. The van der Waals surface area contributed by atoms with E-state index in [1.165, 1.54) is 37.5 Å². The first kappa shape index (κ1) is 19.0. The molecule has 6 heteroatoms. The summed E-state index contributed by atoms with van der Waals surface area (Å²) in [5, 5.41) is 4.18. The maximum absolute atomic E-state index is 12.6. The van der Waals surface area contributed by atoms with Gasteiger partial charge in [0.1, 0.15) is 5.75 Å². The number of unbranched alkanes of at least 4 members (excludes halogenated alkanes) is 5. The minimum Gasteiger partial charge on any atom is -0.497 e. The summed E-state index contributed by atoms with van der Waals surface area (Å²) < 4.78 is 11.7. The molecule has 0 atom stereocenters. The van der Waals surface area contributed by atoms with E-state index in [4.69, 9.17) is 9.47 Å². The Labute approximate surface area is 149 Å². The molecule has 0 aliphatic rings. The van der Waals surface area contributed by atoms with Crippen molar-refractivity contribution in [3.63, 3.8) is 0 Å². The lowest BCUT2D eigenvalue weighted by Gasteiger charge is -2.06. The predicted molar refractivity (Wildman–Crippen MR) is 97.2 cm³/mol. The van der Waals surface area contributed by atoms with Crippen LogP contribution in [0.5, 0.6) is 11.8 Å². The predicted octanol–water partition coefficient (Wildman–Crippen LogP) is 4.35. The molecule has 0 bridgehead atoms. The van der Waals surface area contributed by atoms with Gasteiger partial charge < -0.3 is 9.47 Å². The maximum atomic E-state index is 12.6. The van der Waals surface area contributed by atoms with Gasteiger partial charge in [0, 0.05) is 12.0 Å². The lowest BCUT2D eigenvalue weighted by Crippen LogP contribution is -2.14. The molecule has 0 spiro atoms. The van der Waals surface area contributed by atoms with E-state index in [-0.39, 0.29) is 11.9 Å². The van der Waals surface area contributed by atoms with Crippen LogP contribution in [0.4, 0.5) is 0 Å². The molecule has 2 aromatic rings. The molecule has 25 heavy (non-hydrogen) atoms. The van der Waals surface area contributed by atoms with Crippen molar-refractivity contribution in [3.05, 3.63) is 24.3 Å². The van der Waals surface area contributed by atoms with Crippen LogP contribution in [0.1, 0.15) is 56.7 Å². The summed E-state index contributed by atoms with van der Waals surface area (Å²) in [6.07, 6.45) is 7.27. The third kappa shape index (κ3) is 5.31. The molecular formula is C19H27N3O3. The zero-order valence-electron chi connectivity index (χ0n) is 15.3. The number of benzene rings is 1. The van der Waals surface area contributed by atoms with Crippen molar-refractivity contribution in [2.24, 2.45) is 0 Å². The molecule has 1 aromatic heterocycles. The lowest BCUT2D eigenvalue weighted by molar-refractivity contribution is 0.0883. The van der Waals surface area contributed by atoms with Crippen LogP contribution in [0, 0.1) is 0 Å². The summed E-state index contributed by atoms with van der Waals surface area (Å²) >= 11 is 0. The third-order valence-electron chi connectivity index (χ3n) is 4.08. The molecule has 6 nitrogen and oxygen atoms in total. The Hall–Kier alpha value is -2.37. The van der Waals surface area contributed by atoms with Gasteiger partial charge in [0.25, 0.3) is 0 Å². The van der Waals surface area contributed by atoms with Crippen LogP contribution < -0.4 is 9.47 Å². The molecule has 1 heterocycles. The van der Waals surface area contributed by atoms with Crippen LogP contribution in [-0.4, -0.2) is 34.9 Å². The largest absolute Gasteiger partial charge is 0.497 e. The van der Waals surface area contributed by atoms with Crippen LogP contribution in [0.2, 0.25) is 0 Å². The SMILES string of the molecule is CCCCCCCCC(=O)n1nc(OC)nc1-c1cccc(OC)c1. The van der Waals surface area contributed by atoms with Crippen molar-refractivity contribution < 1.29 is 14.3 Å². The minimum absolute atomic E-state index is 0.0656. The van der Waals surface area contributed by atoms with Crippen molar-refractivity contribution in [3.8, 4) is 23.1 Å². The molecule has 1 aromatic carbocycles. The summed E-state index contributed by atoms with van der Waals surface area (Å²) in [7, 11) is 3.10. The van der Waals surface area contributed by atoms with E-state index < -0.39 is 0 Å². The molecule has 0 saturated heterocycles.